The van der Waals surface area contributed by atoms with E-state index in [1.807, 2.05) is 19.1 Å². The van der Waals surface area contributed by atoms with Crippen molar-refractivity contribution >= 4 is 16.7 Å². The third-order valence-corrected chi connectivity index (χ3v) is 5.19. The Balaban J connectivity index is 1.85. The molecule has 3 aromatic rings. The minimum absolute atomic E-state index is 0.238. The molecule has 3 heterocycles. The van der Waals surface area contributed by atoms with Crippen molar-refractivity contribution in [3.8, 4) is 17.2 Å². The summed E-state index contributed by atoms with van der Waals surface area (Å²) in [6, 6.07) is 7.25. The fourth-order valence-electron chi connectivity index (χ4n) is 3.66. The average Bonchev–Trinajstić information content (AvgIpc) is 2.73. The summed E-state index contributed by atoms with van der Waals surface area (Å²) < 4.78 is 11.0. The van der Waals surface area contributed by atoms with Crippen LogP contribution in [0, 0.1) is 0 Å². The number of fused-ring (bicyclic) bond motifs is 1. The predicted molar refractivity (Wildman–Crippen MR) is 107 cm³/mol. The van der Waals surface area contributed by atoms with E-state index in [0.29, 0.717) is 60.4 Å². The average molecular weight is 381 g/mol. The lowest BCUT2D eigenvalue weighted by atomic mass is 10.1. The first kappa shape index (κ1) is 18.4. The van der Waals surface area contributed by atoms with Gasteiger partial charge in [-0.2, -0.15) is 0 Å². The third-order valence-electron chi connectivity index (χ3n) is 5.19. The maximum atomic E-state index is 12.8. The second-order valence-electron chi connectivity index (χ2n) is 6.93. The number of methoxy groups -OCH3 is 1. The first-order valence-corrected chi connectivity index (χ1v) is 9.51. The maximum Gasteiger partial charge on any atom is 0.347 e. The Bertz CT molecular complexity index is 1060. The van der Waals surface area contributed by atoms with Crippen molar-refractivity contribution in [2.75, 3.05) is 25.1 Å². The van der Waals surface area contributed by atoms with Gasteiger partial charge in [-0.05, 0) is 43.0 Å². The number of nitrogens with zero attached hydrogens (tertiary/aromatic N) is 3. The fourth-order valence-corrected chi connectivity index (χ4v) is 3.66. The van der Waals surface area contributed by atoms with E-state index in [4.69, 9.17) is 9.15 Å². The number of anilines is 1. The number of pyridine rings is 1. The van der Waals surface area contributed by atoms with Crippen LogP contribution < -0.4 is 15.3 Å². The van der Waals surface area contributed by atoms with Gasteiger partial charge in [-0.25, -0.2) is 14.8 Å². The van der Waals surface area contributed by atoms with Crippen LogP contribution >= 0.6 is 0 Å². The molecule has 0 bridgehead atoms. The van der Waals surface area contributed by atoms with Gasteiger partial charge in [0.05, 0.1) is 29.7 Å². The molecule has 4 rings (SSSR count). The number of hydrogen-bond acceptors (Lipinski definition) is 7. The summed E-state index contributed by atoms with van der Waals surface area (Å²) in [4.78, 5) is 24.0. The highest BCUT2D eigenvalue weighted by atomic mass is 16.5. The molecule has 0 atom stereocenters. The molecule has 146 valence electrons. The standard InChI is InChI=1S/C21H23N3O4/c1-3-13-11-15(27-2)12-17-18(13)21(26)28-20(23-17)16-5-4-8-22-19(16)24-9-6-14(25)7-10-24/h4-5,8,11-12,14,25H,3,6-7,9-10H2,1-2H3. The fraction of sp³-hybridized carbons (Fsp3) is 0.381. The highest BCUT2D eigenvalue weighted by Gasteiger charge is 2.23. The molecule has 0 radical (unpaired) electrons. The van der Waals surface area contributed by atoms with Crippen molar-refractivity contribution in [2.45, 2.75) is 32.3 Å². The molecule has 1 aliphatic rings. The minimum Gasteiger partial charge on any atom is -0.497 e. The Kier molecular flexibility index (Phi) is 5.00. The molecule has 1 aliphatic heterocycles. The zero-order chi connectivity index (χ0) is 19.7. The number of rotatable bonds is 4. The number of ether oxygens (including phenoxy) is 1. The topological polar surface area (TPSA) is 88.7 Å². The summed E-state index contributed by atoms with van der Waals surface area (Å²) in [5, 5.41) is 10.3. The molecule has 1 aromatic carbocycles. The van der Waals surface area contributed by atoms with Crippen molar-refractivity contribution in [2.24, 2.45) is 0 Å². The van der Waals surface area contributed by atoms with Crippen LogP contribution in [-0.4, -0.2) is 41.4 Å². The van der Waals surface area contributed by atoms with E-state index in [1.165, 1.54) is 0 Å². The predicted octanol–water partition coefficient (Wildman–Crippen LogP) is 2.78. The van der Waals surface area contributed by atoms with E-state index >= 15 is 0 Å². The second kappa shape index (κ2) is 7.59. The number of aromatic nitrogens is 2. The molecule has 0 spiro atoms. The van der Waals surface area contributed by atoms with E-state index in [0.717, 1.165) is 5.56 Å². The molecule has 7 heteroatoms. The van der Waals surface area contributed by atoms with E-state index in [2.05, 4.69) is 14.9 Å². The number of aliphatic hydroxyl groups is 1. The molecule has 2 aromatic heterocycles. The Morgan fingerprint density at radius 1 is 1.32 bits per heavy atom. The number of hydrogen-bond donors (Lipinski definition) is 1. The number of aryl methyl sites for hydroxylation is 1. The summed E-state index contributed by atoms with van der Waals surface area (Å²) in [7, 11) is 1.59. The highest BCUT2D eigenvalue weighted by molar-refractivity contribution is 5.84. The summed E-state index contributed by atoms with van der Waals surface area (Å²) >= 11 is 0. The smallest absolute Gasteiger partial charge is 0.347 e. The van der Waals surface area contributed by atoms with Crippen LogP contribution in [0.2, 0.25) is 0 Å². The molecule has 28 heavy (non-hydrogen) atoms. The molecule has 7 nitrogen and oxygen atoms in total. The van der Waals surface area contributed by atoms with Crippen molar-refractivity contribution < 1.29 is 14.3 Å². The van der Waals surface area contributed by atoms with Gasteiger partial charge in [0, 0.05) is 25.4 Å². The van der Waals surface area contributed by atoms with Crippen LogP contribution in [0.4, 0.5) is 5.82 Å². The molecule has 1 fully saturated rings. The number of aliphatic hydroxyl groups excluding tert-OH is 1. The van der Waals surface area contributed by atoms with Gasteiger partial charge < -0.3 is 19.2 Å². The largest absolute Gasteiger partial charge is 0.497 e. The molecular weight excluding hydrogens is 358 g/mol. The zero-order valence-electron chi connectivity index (χ0n) is 16.0. The molecule has 0 aliphatic carbocycles. The molecule has 1 saturated heterocycles. The second-order valence-corrected chi connectivity index (χ2v) is 6.93. The van der Waals surface area contributed by atoms with E-state index < -0.39 is 5.63 Å². The van der Waals surface area contributed by atoms with Crippen LogP contribution in [0.5, 0.6) is 5.75 Å². The van der Waals surface area contributed by atoms with Crippen molar-refractivity contribution in [1.82, 2.24) is 9.97 Å². The van der Waals surface area contributed by atoms with Gasteiger partial charge in [0.25, 0.3) is 0 Å². The Hall–Kier alpha value is -2.93. The van der Waals surface area contributed by atoms with Gasteiger partial charge in [-0.1, -0.05) is 6.92 Å². The SMILES string of the molecule is CCc1cc(OC)cc2nc(-c3cccnc3N3CCC(O)CC3)oc(=O)c12. The lowest BCUT2D eigenvalue weighted by Gasteiger charge is -2.31. The van der Waals surface area contributed by atoms with Crippen LogP contribution in [0.15, 0.2) is 39.7 Å². The van der Waals surface area contributed by atoms with E-state index in [1.54, 1.807) is 25.4 Å². The van der Waals surface area contributed by atoms with Crippen LogP contribution in [0.1, 0.15) is 25.3 Å². The van der Waals surface area contributed by atoms with Crippen LogP contribution in [0.3, 0.4) is 0 Å². The molecule has 1 N–H and O–H groups in total. The quantitative estimate of drug-likeness (QED) is 0.743. The van der Waals surface area contributed by atoms with E-state index in [9.17, 15) is 9.90 Å². The molecule has 0 saturated carbocycles. The Morgan fingerprint density at radius 2 is 2.11 bits per heavy atom. The normalized spacial score (nSPS) is 15.2. The van der Waals surface area contributed by atoms with Crippen LogP contribution in [-0.2, 0) is 6.42 Å². The lowest BCUT2D eigenvalue weighted by molar-refractivity contribution is 0.145. The number of piperidine rings is 1. The lowest BCUT2D eigenvalue weighted by Crippen LogP contribution is -2.36. The molecular formula is C21H23N3O4. The summed E-state index contributed by atoms with van der Waals surface area (Å²) in [5.41, 5.74) is 1.65. The third kappa shape index (κ3) is 3.33. The first-order chi connectivity index (χ1) is 13.6. The number of benzene rings is 1. The van der Waals surface area contributed by atoms with Crippen molar-refractivity contribution in [1.29, 1.82) is 0 Å². The van der Waals surface area contributed by atoms with E-state index in [-0.39, 0.29) is 12.0 Å². The highest BCUT2D eigenvalue weighted by Crippen LogP contribution is 2.31. The van der Waals surface area contributed by atoms with Gasteiger partial charge in [0.1, 0.15) is 11.6 Å². The van der Waals surface area contributed by atoms with Gasteiger partial charge >= 0.3 is 5.63 Å². The van der Waals surface area contributed by atoms with Gasteiger partial charge in [-0.15, -0.1) is 0 Å². The summed E-state index contributed by atoms with van der Waals surface area (Å²) in [5.74, 6) is 1.61. The first-order valence-electron chi connectivity index (χ1n) is 9.51. The summed E-state index contributed by atoms with van der Waals surface area (Å²) in [6.45, 7) is 3.36. The minimum atomic E-state index is -0.414. The maximum absolute atomic E-state index is 12.8. The summed E-state index contributed by atoms with van der Waals surface area (Å²) in [6.07, 6.45) is 3.47. The zero-order valence-corrected chi connectivity index (χ0v) is 16.0. The monoisotopic (exact) mass is 381 g/mol. The van der Waals surface area contributed by atoms with Gasteiger partial charge in [0.15, 0.2) is 0 Å². The molecule has 0 unspecified atom stereocenters. The Labute approximate surface area is 162 Å². The van der Waals surface area contributed by atoms with Crippen molar-refractivity contribution in [3.05, 3.63) is 46.4 Å². The van der Waals surface area contributed by atoms with Crippen molar-refractivity contribution in [3.63, 3.8) is 0 Å². The molecule has 0 amide bonds. The van der Waals surface area contributed by atoms with Gasteiger partial charge in [0.2, 0.25) is 5.89 Å². The van der Waals surface area contributed by atoms with Crippen LogP contribution in [0.25, 0.3) is 22.4 Å². The Morgan fingerprint density at radius 3 is 2.82 bits per heavy atom. The van der Waals surface area contributed by atoms with Gasteiger partial charge in [-0.3, -0.25) is 0 Å².